The number of aromatic nitrogens is 2. The minimum atomic E-state index is -0.206. The third kappa shape index (κ3) is 10.1. The highest BCUT2D eigenvalue weighted by atomic mass is 35.5. The maximum Gasteiger partial charge on any atom is 0.227 e. The van der Waals surface area contributed by atoms with Gasteiger partial charge in [-0.1, -0.05) is 80.2 Å². The molecule has 10 heteroatoms. The quantitative estimate of drug-likeness (QED) is 0.171. The number of amides is 2. The van der Waals surface area contributed by atoms with Gasteiger partial charge in [-0.25, -0.2) is 0 Å². The summed E-state index contributed by atoms with van der Waals surface area (Å²) >= 11 is 7.26. The first-order valence-corrected chi connectivity index (χ1v) is 15.0. The molecule has 2 amide bonds. The Bertz CT molecular complexity index is 1220. The summed E-state index contributed by atoms with van der Waals surface area (Å²) in [7, 11) is 3.21. The molecule has 0 bridgehead atoms. The minimum Gasteiger partial charge on any atom is -0.493 e. The van der Waals surface area contributed by atoms with E-state index in [1.54, 1.807) is 31.3 Å². The van der Waals surface area contributed by atoms with Crippen LogP contribution in [0, 0.1) is 0 Å². The molecule has 0 spiro atoms. The zero-order chi connectivity index (χ0) is 28.7. The third-order valence-corrected chi connectivity index (χ3v) is 7.73. The number of nitrogens with zero attached hydrogens (tertiary/aromatic N) is 3. The molecule has 0 aliphatic carbocycles. The number of carbonyl (C=O) groups excluding carboxylic acids is 2. The van der Waals surface area contributed by atoms with Crippen LogP contribution in [0.4, 0.5) is 5.13 Å². The molecular weight excluding hydrogens is 548 g/mol. The van der Waals surface area contributed by atoms with E-state index in [0.29, 0.717) is 52.6 Å². The molecule has 0 aliphatic rings. The van der Waals surface area contributed by atoms with Crippen LogP contribution in [0.2, 0.25) is 5.02 Å². The summed E-state index contributed by atoms with van der Waals surface area (Å²) < 4.78 is 10.8. The highest BCUT2D eigenvalue weighted by Gasteiger charge is 2.17. The number of rotatable bonds is 17. The van der Waals surface area contributed by atoms with Crippen molar-refractivity contribution >= 4 is 39.9 Å². The van der Waals surface area contributed by atoms with E-state index in [4.69, 9.17) is 21.1 Å². The Labute approximate surface area is 246 Å². The van der Waals surface area contributed by atoms with E-state index in [2.05, 4.69) is 22.4 Å². The molecule has 0 radical (unpaired) electrons. The number of ether oxygens (including phenoxy) is 2. The zero-order valence-corrected chi connectivity index (χ0v) is 25.2. The van der Waals surface area contributed by atoms with Gasteiger partial charge in [0, 0.05) is 36.5 Å². The van der Waals surface area contributed by atoms with Crippen molar-refractivity contribution in [2.75, 3.05) is 32.6 Å². The molecule has 0 saturated heterocycles. The molecule has 0 unspecified atom stereocenters. The van der Waals surface area contributed by atoms with Gasteiger partial charge in [0.15, 0.2) is 11.5 Å². The third-order valence-electron chi connectivity index (χ3n) is 6.59. The highest BCUT2D eigenvalue weighted by molar-refractivity contribution is 7.18. The Morgan fingerprint density at radius 2 is 1.62 bits per heavy atom. The van der Waals surface area contributed by atoms with Gasteiger partial charge in [-0.05, 0) is 42.7 Å². The van der Waals surface area contributed by atoms with Crippen molar-refractivity contribution < 1.29 is 19.1 Å². The molecule has 1 heterocycles. The fourth-order valence-electron chi connectivity index (χ4n) is 4.28. The lowest BCUT2D eigenvalue weighted by Gasteiger charge is -2.23. The minimum absolute atomic E-state index is 0.0738. The van der Waals surface area contributed by atoms with Crippen LogP contribution in [0.3, 0.4) is 0 Å². The first-order valence-electron chi connectivity index (χ1n) is 13.8. The van der Waals surface area contributed by atoms with E-state index in [0.717, 1.165) is 30.4 Å². The molecule has 216 valence electrons. The molecule has 0 atom stereocenters. The fourth-order valence-corrected chi connectivity index (χ4v) is 5.17. The number of unbranched alkanes of at least 4 members (excludes halogenated alkanes) is 5. The molecule has 1 N–H and O–H groups in total. The lowest BCUT2D eigenvalue weighted by Crippen LogP contribution is -2.35. The van der Waals surface area contributed by atoms with Crippen LogP contribution in [0.25, 0.3) is 10.6 Å². The van der Waals surface area contributed by atoms with E-state index < -0.39 is 0 Å². The van der Waals surface area contributed by atoms with Crippen molar-refractivity contribution in [3.05, 3.63) is 53.1 Å². The number of anilines is 1. The monoisotopic (exact) mass is 586 g/mol. The predicted octanol–water partition coefficient (Wildman–Crippen LogP) is 7.03. The normalized spacial score (nSPS) is 10.8. The van der Waals surface area contributed by atoms with E-state index in [1.807, 2.05) is 30.3 Å². The standard InChI is InChI=1S/C30H39ClN4O4S/c1-4-5-6-7-8-9-10-28(37)35(19-17-22-11-16-25(38-2)26(21-22)39-3)20-18-27(36)32-30-34-33-29(40-30)23-12-14-24(31)15-13-23/h11-16,21H,4-10,17-20H2,1-3H3,(H,32,34,36). The Balaban J connectivity index is 1.57. The Morgan fingerprint density at radius 3 is 2.35 bits per heavy atom. The number of carbonyl (C=O) groups is 2. The number of nitrogens with one attached hydrogen (secondary N) is 1. The van der Waals surface area contributed by atoms with Crippen LogP contribution >= 0.6 is 22.9 Å². The average molecular weight is 587 g/mol. The molecule has 3 rings (SSSR count). The van der Waals surface area contributed by atoms with E-state index in [1.165, 1.54) is 30.6 Å². The summed E-state index contributed by atoms with van der Waals surface area (Å²) in [5.41, 5.74) is 1.91. The van der Waals surface area contributed by atoms with Crippen molar-refractivity contribution in [1.29, 1.82) is 0 Å². The van der Waals surface area contributed by atoms with Crippen LogP contribution in [-0.4, -0.2) is 54.2 Å². The zero-order valence-electron chi connectivity index (χ0n) is 23.6. The van der Waals surface area contributed by atoms with Gasteiger partial charge in [0.1, 0.15) is 5.01 Å². The number of hydrogen-bond acceptors (Lipinski definition) is 7. The first-order chi connectivity index (χ1) is 19.4. The summed E-state index contributed by atoms with van der Waals surface area (Å²) in [5, 5.41) is 12.8. The summed E-state index contributed by atoms with van der Waals surface area (Å²) in [6.07, 6.45) is 7.99. The first kappa shape index (κ1) is 31.4. The number of benzene rings is 2. The van der Waals surface area contributed by atoms with Crippen molar-refractivity contribution in [3.8, 4) is 22.1 Å². The summed E-state index contributed by atoms with van der Waals surface area (Å²) in [5.74, 6) is 1.18. The molecule has 0 fully saturated rings. The molecule has 0 saturated carbocycles. The van der Waals surface area contributed by atoms with Crippen molar-refractivity contribution in [3.63, 3.8) is 0 Å². The molecular formula is C30H39ClN4O4S. The highest BCUT2D eigenvalue weighted by Crippen LogP contribution is 2.28. The number of methoxy groups -OCH3 is 2. The molecule has 3 aromatic rings. The topological polar surface area (TPSA) is 93.7 Å². The SMILES string of the molecule is CCCCCCCCC(=O)N(CCC(=O)Nc1nnc(-c2ccc(Cl)cc2)s1)CCc1ccc(OC)c(OC)c1. The molecule has 8 nitrogen and oxygen atoms in total. The van der Waals surface area contributed by atoms with Crippen LogP contribution in [0.1, 0.15) is 63.9 Å². The van der Waals surface area contributed by atoms with Crippen LogP contribution < -0.4 is 14.8 Å². The Hall–Kier alpha value is -3.17. The number of halogens is 1. The van der Waals surface area contributed by atoms with E-state index in [-0.39, 0.29) is 18.2 Å². The van der Waals surface area contributed by atoms with Crippen molar-refractivity contribution in [2.24, 2.45) is 0 Å². The average Bonchev–Trinajstić information content (AvgIpc) is 3.43. The summed E-state index contributed by atoms with van der Waals surface area (Å²) in [6.45, 7) is 3.03. The van der Waals surface area contributed by atoms with E-state index >= 15 is 0 Å². The van der Waals surface area contributed by atoms with Gasteiger partial charge in [-0.3, -0.25) is 9.59 Å². The van der Waals surface area contributed by atoms with Gasteiger partial charge < -0.3 is 19.7 Å². The molecule has 40 heavy (non-hydrogen) atoms. The number of hydrogen-bond donors (Lipinski definition) is 1. The largest absolute Gasteiger partial charge is 0.493 e. The van der Waals surface area contributed by atoms with Crippen molar-refractivity contribution in [1.82, 2.24) is 15.1 Å². The second-order valence-electron chi connectivity index (χ2n) is 9.56. The molecule has 0 aliphatic heterocycles. The summed E-state index contributed by atoms with van der Waals surface area (Å²) in [6, 6.07) is 13.1. The maximum absolute atomic E-state index is 13.2. The smallest absolute Gasteiger partial charge is 0.227 e. The molecule has 1 aromatic heterocycles. The van der Waals surface area contributed by atoms with Gasteiger partial charge in [-0.15, -0.1) is 10.2 Å². The Kier molecular flexibility index (Phi) is 13.2. The van der Waals surface area contributed by atoms with Gasteiger partial charge in [0.2, 0.25) is 16.9 Å². The molecule has 2 aromatic carbocycles. The lowest BCUT2D eigenvalue weighted by molar-refractivity contribution is -0.131. The van der Waals surface area contributed by atoms with Crippen LogP contribution in [0.15, 0.2) is 42.5 Å². The fraction of sp³-hybridized carbons (Fsp3) is 0.467. The second-order valence-corrected chi connectivity index (χ2v) is 11.0. The Morgan fingerprint density at radius 1 is 0.900 bits per heavy atom. The summed E-state index contributed by atoms with van der Waals surface area (Å²) in [4.78, 5) is 27.7. The maximum atomic E-state index is 13.2. The van der Waals surface area contributed by atoms with Gasteiger partial charge in [-0.2, -0.15) is 0 Å². The second kappa shape index (κ2) is 16.8. The van der Waals surface area contributed by atoms with E-state index in [9.17, 15) is 9.59 Å². The van der Waals surface area contributed by atoms with Gasteiger partial charge >= 0.3 is 0 Å². The predicted molar refractivity (Wildman–Crippen MR) is 161 cm³/mol. The van der Waals surface area contributed by atoms with Crippen LogP contribution in [-0.2, 0) is 16.0 Å². The lowest BCUT2D eigenvalue weighted by atomic mass is 10.1. The van der Waals surface area contributed by atoms with Crippen molar-refractivity contribution in [2.45, 2.75) is 64.7 Å². The van der Waals surface area contributed by atoms with Crippen LogP contribution in [0.5, 0.6) is 11.5 Å². The van der Waals surface area contributed by atoms with Gasteiger partial charge in [0.25, 0.3) is 0 Å². The van der Waals surface area contributed by atoms with Gasteiger partial charge in [0.05, 0.1) is 14.2 Å².